The van der Waals surface area contributed by atoms with Crippen LogP contribution in [0.15, 0.2) is 24.3 Å². The number of rotatable bonds is 4. The minimum atomic E-state index is -0.149. The van der Waals surface area contributed by atoms with Crippen LogP contribution in [-0.4, -0.2) is 28.2 Å². The van der Waals surface area contributed by atoms with Gasteiger partial charge in [0.2, 0.25) is 5.91 Å². The van der Waals surface area contributed by atoms with Gasteiger partial charge in [-0.1, -0.05) is 37.3 Å². The summed E-state index contributed by atoms with van der Waals surface area (Å²) in [5.74, 6) is 0.404. The van der Waals surface area contributed by atoms with Gasteiger partial charge in [-0.25, -0.2) is 4.98 Å². The van der Waals surface area contributed by atoms with E-state index in [9.17, 15) is 9.59 Å². The Morgan fingerprint density at radius 2 is 2.12 bits per heavy atom. The van der Waals surface area contributed by atoms with Crippen molar-refractivity contribution in [1.29, 1.82) is 0 Å². The van der Waals surface area contributed by atoms with Crippen LogP contribution in [0.25, 0.3) is 0 Å². The lowest BCUT2D eigenvalue weighted by Gasteiger charge is -2.26. The highest BCUT2D eigenvalue weighted by Crippen LogP contribution is 2.29. The second kappa shape index (κ2) is 7.82. The van der Waals surface area contributed by atoms with Crippen LogP contribution in [0.3, 0.4) is 0 Å². The van der Waals surface area contributed by atoms with Crippen LogP contribution in [0.5, 0.6) is 0 Å². The second-order valence-electron chi connectivity index (χ2n) is 6.49. The Labute approximate surface area is 165 Å². The smallest absolute Gasteiger partial charge is 0.258 e. The first kappa shape index (κ1) is 18.3. The van der Waals surface area contributed by atoms with Gasteiger partial charge in [0.25, 0.3) is 5.91 Å². The lowest BCUT2D eigenvalue weighted by Crippen LogP contribution is -2.36. The van der Waals surface area contributed by atoms with E-state index in [-0.39, 0.29) is 11.8 Å². The number of nitrogens with one attached hydrogen (secondary N) is 1. The van der Waals surface area contributed by atoms with E-state index in [1.54, 1.807) is 6.07 Å². The molecule has 1 aromatic carbocycles. The summed E-state index contributed by atoms with van der Waals surface area (Å²) in [6, 6.07) is 7.46. The normalized spacial score (nSPS) is 13.7. The molecule has 1 aliphatic heterocycles. The number of halogens is 1. The van der Waals surface area contributed by atoms with Gasteiger partial charge in [0.1, 0.15) is 0 Å². The van der Waals surface area contributed by atoms with Gasteiger partial charge in [-0.3, -0.25) is 14.9 Å². The first-order valence-corrected chi connectivity index (χ1v) is 10.2. The summed E-state index contributed by atoms with van der Waals surface area (Å²) in [6.45, 7) is 5.40. The topological polar surface area (TPSA) is 62.3 Å². The molecule has 2 heterocycles. The Kier molecular flexibility index (Phi) is 5.73. The molecule has 0 aliphatic carbocycles. The van der Waals surface area contributed by atoms with Gasteiger partial charge in [-0.2, -0.15) is 0 Å². The molecule has 0 spiro atoms. The Balaban J connectivity index is 1.69. The van der Waals surface area contributed by atoms with Crippen LogP contribution in [0.4, 0.5) is 5.13 Å². The van der Waals surface area contributed by atoms with Crippen LogP contribution < -0.4 is 5.32 Å². The number of nitrogens with zero attached hydrogens (tertiary/aromatic N) is 2. The fraction of sp³-hybridized carbons (Fsp3) is 0.389. The van der Waals surface area contributed by atoms with E-state index in [1.165, 1.54) is 11.3 Å². The monoisotopic (exact) mass is 469 g/mol. The molecule has 5 nitrogen and oxygen atoms in total. The molecule has 1 aromatic heterocycles. The number of aromatic nitrogens is 1. The molecule has 0 bridgehead atoms. The SMILES string of the molecule is CC(C)CC(=O)N1CCc2nc(NC(=O)c3ccccc3I)sc2C1. The standard InChI is InChI=1S/C18H20IN3O2S/c1-11(2)9-16(23)22-8-7-14-15(10-22)25-18(20-14)21-17(24)12-5-3-4-6-13(12)19/h3-6,11H,7-10H2,1-2H3,(H,20,21,24). The van der Waals surface area contributed by atoms with E-state index in [0.717, 1.165) is 20.6 Å². The predicted octanol–water partition coefficient (Wildman–Crippen LogP) is 3.93. The van der Waals surface area contributed by atoms with Crippen molar-refractivity contribution in [2.24, 2.45) is 5.92 Å². The van der Waals surface area contributed by atoms with Crippen molar-refractivity contribution in [1.82, 2.24) is 9.88 Å². The van der Waals surface area contributed by atoms with Crippen LogP contribution in [0, 0.1) is 9.49 Å². The highest BCUT2D eigenvalue weighted by Gasteiger charge is 2.25. The molecular weight excluding hydrogens is 449 g/mol. The minimum absolute atomic E-state index is 0.149. The molecule has 0 radical (unpaired) electrons. The average Bonchev–Trinajstić information content (AvgIpc) is 2.95. The van der Waals surface area contributed by atoms with Gasteiger partial charge in [-0.15, -0.1) is 0 Å². The van der Waals surface area contributed by atoms with Crippen molar-refractivity contribution in [3.63, 3.8) is 0 Å². The van der Waals surface area contributed by atoms with Crippen molar-refractivity contribution < 1.29 is 9.59 Å². The molecule has 25 heavy (non-hydrogen) atoms. The second-order valence-corrected chi connectivity index (χ2v) is 8.73. The summed E-state index contributed by atoms with van der Waals surface area (Å²) >= 11 is 3.62. The number of carbonyl (C=O) groups is 2. The van der Waals surface area contributed by atoms with E-state index < -0.39 is 0 Å². The average molecular weight is 469 g/mol. The molecule has 1 aliphatic rings. The highest BCUT2D eigenvalue weighted by atomic mass is 127. The molecule has 0 saturated heterocycles. The van der Waals surface area contributed by atoms with Crippen molar-refractivity contribution in [2.45, 2.75) is 33.2 Å². The first-order chi connectivity index (χ1) is 11.9. The van der Waals surface area contributed by atoms with Gasteiger partial charge in [0, 0.05) is 27.8 Å². The zero-order valence-electron chi connectivity index (χ0n) is 14.2. The van der Waals surface area contributed by atoms with Crippen molar-refractivity contribution in [2.75, 3.05) is 11.9 Å². The van der Waals surface area contributed by atoms with Crippen LogP contribution >= 0.6 is 33.9 Å². The van der Waals surface area contributed by atoms with E-state index in [0.29, 0.717) is 36.1 Å². The van der Waals surface area contributed by atoms with Crippen LogP contribution in [0.1, 0.15) is 41.2 Å². The third-order valence-electron chi connectivity index (χ3n) is 4.01. The van der Waals surface area contributed by atoms with Crippen LogP contribution in [-0.2, 0) is 17.8 Å². The van der Waals surface area contributed by atoms with E-state index in [4.69, 9.17) is 0 Å². The maximum absolute atomic E-state index is 12.4. The highest BCUT2D eigenvalue weighted by molar-refractivity contribution is 14.1. The largest absolute Gasteiger partial charge is 0.337 e. The fourth-order valence-corrected chi connectivity index (χ4v) is 4.40. The predicted molar refractivity (Wildman–Crippen MR) is 108 cm³/mol. The van der Waals surface area contributed by atoms with Gasteiger partial charge < -0.3 is 4.90 Å². The molecule has 0 saturated carbocycles. The first-order valence-electron chi connectivity index (χ1n) is 8.26. The van der Waals surface area contributed by atoms with Gasteiger partial charge in [0.05, 0.1) is 17.8 Å². The number of hydrogen-bond acceptors (Lipinski definition) is 4. The quantitative estimate of drug-likeness (QED) is 0.691. The van der Waals surface area contributed by atoms with Crippen molar-refractivity contribution >= 4 is 50.9 Å². The zero-order chi connectivity index (χ0) is 18.0. The van der Waals surface area contributed by atoms with E-state index in [1.807, 2.05) is 23.1 Å². The van der Waals surface area contributed by atoms with Crippen LogP contribution in [0.2, 0.25) is 0 Å². The molecule has 1 N–H and O–H groups in total. The Morgan fingerprint density at radius 3 is 2.84 bits per heavy atom. The molecule has 0 unspecified atom stereocenters. The number of thiazole rings is 1. The van der Waals surface area contributed by atoms with E-state index in [2.05, 4.69) is 46.7 Å². The summed E-state index contributed by atoms with van der Waals surface area (Å²) in [6.07, 6.45) is 1.32. The van der Waals surface area contributed by atoms with Crippen molar-refractivity contribution in [3.8, 4) is 0 Å². The molecule has 0 atom stereocenters. The Morgan fingerprint density at radius 1 is 1.36 bits per heavy atom. The van der Waals surface area contributed by atoms with Gasteiger partial charge in [0.15, 0.2) is 5.13 Å². The summed E-state index contributed by atoms with van der Waals surface area (Å²) in [7, 11) is 0. The van der Waals surface area contributed by atoms with Gasteiger partial charge in [-0.05, 0) is 40.6 Å². The molecule has 7 heteroatoms. The minimum Gasteiger partial charge on any atom is -0.337 e. The Hall–Kier alpha value is -1.48. The molecule has 132 valence electrons. The number of fused-ring (bicyclic) bond motifs is 1. The molecule has 2 amide bonds. The number of hydrogen-bond donors (Lipinski definition) is 1. The van der Waals surface area contributed by atoms with E-state index >= 15 is 0 Å². The fourth-order valence-electron chi connectivity index (χ4n) is 2.75. The lowest BCUT2D eigenvalue weighted by molar-refractivity contribution is -0.132. The third-order valence-corrected chi connectivity index (χ3v) is 5.94. The number of amides is 2. The Bertz CT molecular complexity index is 803. The summed E-state index contributed by atoms with van der Waals surface area (Å²) < 4.78 is 0.907. The molecule has 0 fully saturated rings. The summed E-state index contributed by atoms with van der Waals surface area (Å²) in [5, 5.41) is 3.50. The molecular formula is C18H20IN3O2S. The van der Waals surface area contributed by atoms with Gasteiger partial charge >= 0.3 is 0 Å². The molecule has 3 rings (SSSR count). The number of benzene rings is 1. The summed E-state index contributed by atoms with van der Waals surface area (Å²) in [5.41, 5.74) is 1.64. The summed E-state index contributed by atoms with van der Waals surface area (Å²) in [4.78, 5) is 32.2. The maximum atomic E-state index is 12.4. The number of carbonyl (C=O) groups excluding carboxylic acids is 2. The molecule has 2 aromatic rings. The maximum Gasteiger partial charge on any atom is 0.258 e. The van der Waals surface area contributed by atoms with Crippen molar-refractivity contribution in [3.05, 3.63) is 44.0 Å². The lowest BCUT2D eigenvalue weighted by atomic mass is 10.1. The number of anilines is 1. The zero-order valence-corrected chi connectivity index (χ0v) is 17.2. The third kappa shape index (κ3) is 4.38.